The van der Waals surface area contributed by atoms with Gasteiger partial charge in [0, 0.05) is 48.1 Å². The summed E-state index contributed by atoms with van der Waals surface area (Å²) in [7, 11) is 0. The van der Waals surface area contributed by atoms with Crippen molar-refractivity contribution >= 4 is 29.7 Å². The van der Waals surface area contributed by atoms with Crippen molar-refractivity contribution in [3.8, 4) is 11.5 Å². The number of aryl methyl sites for hydroxylation is 1. The number of esters is 2. The lowest BCUT2D eigenvalue weighted by Crippen LogP contribution is -2.56. The highest BCUT2D eigenvalue weighted by Gasteiger charge is 2.59. The highest BCUT2D eigenvalue weighted by molar-refractivity contribution is 5.93. The second-order valence-corrected chi connectivity index (χ2v) is 8.85. The van der Waals surface area contributed by atoms with Crippen molar-refractivity contribution in [2.45, 2.75) is 39.5 Å². The molecule has 0 aliphatic heterocycles. The normalized spacial score (nSPS) is 23.2. The van der Waals surface area contributed by atoms with E-state index in [-0.39, 0.29) is 41.0 Å². The minimum atomic E-state index is -1.32. The van der Waals surface area contributed by atoms with E-state index in [1.807, 2.05) is 13.8 Å². The predicted molar refractivity (Wildman–Crippen MR) is 114 cm³/mol. The van der Waals surface area contributed by atoms with Crippen molar-refractivity contribution in [3.63, 3.8) is 0 Å². The van der Waals surface area contributed by atoms with Gasteiger partial charge in [0.05, 0.1) is 0 Å². The molecule has 0 saturated heterocycles. The van der Waals surface area contributed by atoms with E-state index in [0.29, 0.717) is 29.7 Å². The average molecular weight is 456 g/mol. The van der Waals surface area contributed by atoms with Crippen molar-refractivity contribution in [3.05, 3.63) is 47.6 Å². The number of benzene rings is 1. The van der Waals surface area contributed by atoms with Crippen LogP contribution in [0, 0.1) is 24.2 Å². The number of aliphatic carboxylic acids is 2. The van der Waals surface area contributed by atoms with Crippen LogP contribution in [0.4, 0.5) is 0 Å². The van der Waals surface area contributed by atoms with E-state index in [0.717, 1.165) is 12.2 Å². The summed E-state index contributed by atoms with van der Waals surface area (Å²) in [6.07, 6.45) is 3.62. The number of carbonyl (C=O) groups is 5. The fourth-order valence-electron chi connectivity index (χ4n) is 4.82. The van der Waals surface area contributed by atoms with E-state index in [2.05, 4.69) is 0 Å². The maximum Gasteiger partial charge on any atom is 0.336 e. The van der Waals surface area contributed by atoms with E-state index < -0.39 is 29.8 Å². The number of carbonyl (C=O) groups excluding carboxylic acids is 3. The van der Waals surface area contributed by atoms with Crippen LogP contribution in [0.2, 0.25) is 0 Å². The Bertz CT molecular complexity index is 1030. The lowest BCUT2D eigenvalue weighted by atomic mass is 9.44. The molecule has 9 heteroatoms. The summed E-state index contributed by atoms with van der Waals surface area (Å²) in [5.74, 6) is -4.76. The monoisotopic (exact) mass is 456 g/mol. The molecule has 0 heterocycles. The molecule has 2 N–H and O–H groups in total. The first kappa shape index (κ1) is 23.9. The number of carboxylic acids is 2. The highest BCUT2D eigenvalue weighted by atomic mass is 16.5. The molecule has 3 aliphatic carbocycles. The van der Waals surface area contributed by atoms with Crippen molar-refractivity contribution in [2.75, 3.05) is 0 Å². The third-order valence-electron chi connectivity index (χ3n) is 6.40. The smallest absolute Gasteiger partial charge is 0.336 e. The van der Waals surface area contributed by atoms with E-state index in [1.165, 1.54) is 0 Å². The zero-order chi connectivity index (χ0) is 24.5. The number of ether oxygens (including phenoxy) is 2. The summed E-state index contributed by atoms with van der Waals surface area (Å²) in [5, 5.41) is 17.5. The summed E-state index contributed by atoms with van der Waals surface area (Å²) >= 11 is 0. The molecule has 1 aromatic rings. The van der Waals surface area contributed by atoms with Gasteiger partial charge in [-0.05, 0) is 42.4 Å². The predicted octanol–water partition coefficient (Wildman–Crippen LogP) is 2.81. The molecule has 174 valence electrons. The highest BCUT2D eigenvalue weighted by Crippen LogP contribution is 2.64. The largest absolute Gasteiger partial charge is 0.478 e. The zero-order valence-electron chi connectivity index (χ0n) is 18.4. The van der Waals surface area contributed by atoms with E-state index in [4.69, 9.17) is 19.7 Å². The lowest BCUT2D eigenvalue weighted by molar-refractivity contribution is -0.151. The molecule has 3 atom stereocenters. The van der Waals surface area contributed by atoms with Crippen LogP contribution >= 0.6 is 0 Å². The minimum absolute atomic E-state index is 0.0546. The Labute approximate surface area is 189 Å². The average Bonchev–Trinajstić information content (AvgIpc) is 2.69. The second-order valence-electron chi connectivity index (χ2n) is 8.85. The number of carboxylic acid groups (broad SMARTS) is 2. The Balaban J connectivity index is 2.07. The minimum Gasteiger partial charge on any atom is -0.478 e. The molecule has 33 heavy (non-hydrogen) atoms. The number of fused-ring (bicyclic) bond motifs is 2. The first-order valence-electron chi connectivity index (χ1n) is 10.3. The molecule has 3 saturated carbocycles. The fraction of sp³-hybridized carbons (Fsp3) is 0.375. The van der Waals surface area contributed by atoms with Crippen LogP contribution in [-0.2, 0) is 24.0 Å². The topological polar surface area (TPSA) is 144 Å². The van der Waals surface area contributed by atoms with Crippen molar-refractivity contribution in [1.29, 1.82) is 0 Å². The van der Waals surface area contributed by atoms with Gasteiger partial charge < -0.3 is 19.7 Å². The van der Waals surface area contributed by atoms with Gasteiger partial charge >= 0.3 is 23.9 Å². The summed E-state index contributed by atoms with van der Waals surface area (Å²) in [5.41, 5.74) is 0.626. The van der Waals surface area contributed by atoms with Gasteiger partial charge in [-0.1, -0.05) is 13.8 Å². The van der Waals surface area contributed by atoms with Crippen LogP contribution in [-0.4, -0.2) is 39.9 Å². The second kappa shape index (κ2) is 9.01. The maximum absolute atomic E-state index is 12.8. The van der Waals surface area contributed by atoms with Gasteiger partial charge in [0.2, 0.25) is 0 Å². The molecule has 0 spiro atoms. The molecule has 0 radical (unpaired) electrons. The molecule has 0 aromatic heterocycles. The van der Waals surface area contributed by atoms with Crippen molar-refractivity contribution in [1.82, 2.24) is 0 Å². The van der Waals surface area contributed by atoms with Crippen LogP contribution in [0.15, 0.2) is 36.4 Å². The summed E-state index contributed by atoms with van der Waals surface area (Å²) < 4.78 is 10.8. The Morgan fingerprint density at radius 3 is 1.82 bits per heavy atom. The molecular weight excluding hydrogens is 432 g/mol. The maximum atomic E-state index is 12.8. The Kier molecular flexibility index (Phi) is 6.53. The molecule has 0 amide bonds. The quantitative estimate of drug-likeness (QED) is 0.359. The van der Waals surface area contributed by atoms with Gasteiger partial charge in [0.1, 0.15) is 17.3 Å². The van der Waals surface area contributed by atoms with Gasteiger partial charge in [0.15, 0.2) is 0 Å². The Hall–Kier alpha value is -3.75. The number of hydrogen-bond acceptors (Lipinski definition) is 7. The summed E-state index contributed by atoms with van der Waals surface area (Å²) in [6, 6.07) is 3.10. The Morgan fingerprint density at radius 1 is 0.939 bits per heavy atom. The first-order valence-corrected chi connectivity index (χ1v) is 10.3. The number of rotatable bonds is 7. The van der Waals surface area contributed by atoms with Gasteiger partial charge in [0.25, 0.3) is 0 Å². The Morgan fingerprint density at radius 2 is 1.42 bits per heavy atom. The van der Waals surface area contributed by atoms with E-state index in [1.54, 1.807) is 19.1 Å². The molecule has 4 rings (SSSR count). The lowest BCUT2D eigenvalue weighted by Gasteiger charge is -2.59. The molecule has 9 nitrogen and oxygen atoms in total. The number of Topliss-reactive ketones (excluding diaryl/α,β-unsaturated/α-hetero) is 1. The third kappa shape index (κ3) is 5.02. The fourth-order valence-corrected chi connectivity index (χ4v) is 4.82. The van der Waals surface area contributed by atoms with Crippen molar-refractivity contribution in [2.24, 2.45) is 17.3 Å². The SMILES string of the molecule is Cc1cc(OC(=O)/C=C/C(=O)O)c([C@H]2CC(=O)[C@H]3C[C@@H]2C3(C)C)c(OC(=O)/C=C/C(=O)O)c1. The van der Waals surface area contributed by atoms with E-state index >= 15 is 0 Å². The van der Waals surface area contributed by atoms with Gasteiger partial charge in [-0.3, -0.25) is 4.79 Å². The van der Waals surface area contributed by atoms with Gasteiger partial charge in [-0.15, -0.1) is 0 Å². The molecular formula is C24H24O9. The molecule has 2 bridgehead atoms. The first-order chi connectivity index (χ1) is 15.4. The van der Waals surface area contributed by atoms with Crippen LogP contribution in [0.1, 0.15) is 43.7 Å². The van der Waals surface area contributed by atoms with Crippen LogP contribution < -0.4 is 9.47 Å². The van der Waals surface area contributed by atoms with Crippen LogP contribution in [0.25, 0.3) is 0 Å². The van der Waals surface area contributed by atoms with Crippen molar-refractivity contribution < 1.29 is 43.7 Å². The summed E-state index contributed by atoms with van der Waals surface area (Å²) in [6.45, 7) is 5.66. The zero-order valence-corrected chi connectivity index (χ0v) is 18.4. The molecule has 3 fully saturated rings. The number of ketones is 1. The standard InChI is InChI=1S/C24H24O9/c1-12-8-17(32-21(30)6-4-19(26)27)23(18(9-12)33-22(31)7-5-20(28)29)13-10-16(25)15-11-14(13)24(15,2)3/h4-9,13-15H,10-11H2,1-3H3,(H,26,27)(H,28,29)/b6-4+,7-5+/t13-,14-,15+/m0/s1. The van der Waals surface area contributed by atoms with E-state index in [9.17, 15) is 24.0 Å². The molecule has 0 unspecified atom stereocenters. The number of hydrogen-bond donors (Lipinski definition) is 2. The van der Waals surface area contributed by atoms with Crippen LogP contribution in [0.5, 0.6) is 11.5 Å². The molecule has 3 aliphatic rings. The molecule has 1 aromatic carbocycles. The van der Waals surface area contributed by atoms with Gasteiger partial charge in [-0.25, -0.2) is 19.2 Å². The van der Waals surface area contributed by atoms with Gasteiger partial charge in [-0.2, -0.15) is 0 Å². The summed E-state index contributed by atoms with van der Waals surface area (Å²) in [4.78, 5) is 58.7. The van der Waals surface area contributed by atoms with Crippen LogP contribution in [0.3, 0.4) is 0 Å². The third-order valence-corrected chi connectivity index (χ3v) is 6.40.